The molecule has 24 heavy (non-hydrogen) atoms. The van der Waals surface area contributed by atoms with E-state index in [0.717, 1.165) is 17.0 Å². The lowest BCUT2D eigenvalue weighted by Gasteiger charge is -2.32. The standard InChI is InChI=1S/C22H35IO/c1-7-8-15-9-11-16(12-10-15)17-13-18(21(2,3)4)20(24)19(14-17)22(5,6)23/h13-16,24H,7-12H2,1-6H3. The summed E-state index contributed by atoms with van der Waals surface area (Å²) >= 11 is 2.45. The molecular weight excluding hydrogens is 407 g/mol. The maximum atomic E-state index is 10.9. The van der Waals surface area contributed by atoms with Gasteiger partial charge in [-0.25, -0.2) is 0 Å². The molecule has 0 spiro atoms. The third kappa shape index (κ3) is 4.68. The third-order valence-corrected chi connectivity index (χ3v) is 6.18. The minimum atomic E-state index is -0.0583. The van der Waals surface area contributed by atoms with E-state index in [1.165, 1.54) is 44.1 Å². The molecule has 0 unspecified atom stereocenters. The van der Waals surface area contributed by atoms with Gasteiger partial charge in [-0.2, -0.15) is 0 Å². The largest absolute Gasteiger partial charge is 0.507 e. The second-order valence-corrected chi connectivity index (χ2v) is 11.9. The summed E-state index contributed by atoms with van der Waals surface area (Å²) in [5, 5.41) is 10.9. The average molecular weight is 442 g/mol. The van der Waals surface area contributed by atoms with Gasteiger partial charge in [0.1, 0.15) is 5.75 Å². The molecule has 2 rings (SSSR count). The van der Waals surface area contributed by atoms with Crippen molar-refractivity contribution in [2.75, 3.05) is 0 Å². The van der Waals surface area contributed by atoms with E-state index in [9.17, 15) is 5.11 Å². The van der Waals surface area contributed by atoms with Gasteiger partial charge in [0.25, 0.3) is 0 Å². The molecule has 0 aromatic heterocycles. The van der Waals surface area contributed by atoms with Crippen molar-refractivity contribution in [1.82, 2.24) is 0 Å². The van der Waals surface area contributed by atoms with E-state index in [2.05, 4.69) is 76.3 Å². The number of alkyl halides is 1. The van der Waals surface area contributed by atoms with Crippen LogP contribution >= 0.6 is 22.6 Å². The molecule has 1 aliphatic carbocycles. The lowest BCUT2D eigenvalue weighted by molar-refractivity contribution is 0.307. The van der Waals surface area contributed by atoms with Crippen LogP contribution in [0.3, 0.4) is 0 Å². The van der Waals surface area contributed by atoms with E-state index in [-0.39, 0.29) is 8.84 Å². The van der Waals surface area contributed by atoms with Gasteiger partial charge in [-0.1, -0.05) is 75.3 Å². The summed E-state index contributed by atoms with van der Waals surface area (Å²) in [6, 6.07) is 4.59. The molecule has 0 heterocycles. The first-order chi connectivity index (χ1) is 11.0. The van der Waals surface area contributed by atoms with Crippen LogP contribution in [0.4, 0.5) is 0 Å². The Morgan fingerprint density at radius 1 is 1.00 bits per heavy atom. The third-order valence-electron chi connectivity index (χ3n) is 5.60. The Labute approximate surface area is 162 Å². The highest BCUT2D eigenvalue weighted by atomic mass is 127. The van der Waals surface area contributed by atoms with Crippen molar-refractivity contribution in [2.24, 2.45) is 5.92 Å². The molecule has 136 valence electrons. The fourth-order valence-electron chi connectivity index (χ4n) is 4.11. The normalized spacial score (nSPS) is 22.6. The summed E-state index contributed by atoms with van der Waals surface area (Å²) in [7, 11) is 0. The van der Waals surface area contributed by atoms with Crippen LogP contribution in [0.15, 0.2) is 12.1 Å². The van der Waals surface area contributed by atoms with Gasteiger partial charge < -0.3 is 5.11 Å². The van der Waals surface area contributed by atoms with Gasteiger partial charge in [0.15, 0.2) is 0 Å². The molecule has 0 atom stereocenters. The number of benzene rings is 1. The van der Waals surface area contributed by atoms with Crippen molar-refractivity contribution in [2.45, 2.75) is 94.8 Å². The van der Waals surface area contributed by atoms with Crippen LogP contribution in [0.5, 0.6) is 5.75 Å². The van der Waals surface area contributed by atoms with Crippen LogP contribution in [0.1, 0.15) is 103 Å². The molecule has 0 amide bonds. The highest BCUT2D eigenvalue weighted by Gasteiger charge is 2.30. The maximum absolute atomic E-state index is 10.9. The Balaban J connectivity index is 2.37. The molecule has 1 fully saturated rings. The summed E-state index contributed by atoms with van der Waals surface area (Å²) in [6.07, 6.45) is 8.05. The van der Waals surface area contributed by atoms with Gasteiger partial charge in [0.05, 0.1) is 0 Å². The first-order valence-corrected chi connectivity index (χ1v) is 10.7. The summed E-state index contributed by atoms with van der Waals surface area (Å²) in [5.74, 6) is 2.11. The van der Waals surface area contributed by atoms with Crippen LogP contribution < -0.4 is 0 Å². The summed E-state index contributed by atoms with van der Waals surface area (Å²) in [6.45, 7) is 13.3. The molecule has 1 saturated carbocycles. The fraction of sp³-hybridized carbons (Fsp3) is 0.727. The minimum absolute atomic E-state index is 0.0316. The molecule has 0 aliphatic heterocycles. The van der Waals surface area contributed by atoms with Crippen molar-refractivity contribution in [1.29, 1.82) is 0 Å². The van der Waals surface area contributed by atoms with Gasteiger partial charge in [0.2, 0.25) is 0 Å². The number of rotatable bonds is 4. The Morgan fingerprint density at radius 2 is 1.54 bits per heavy atom. The number of hydrogen-bond donors (Lipinski definition) is 1. The predicted octanol–water partition coefficient (Wildman–Crippen LogP) is 7.43. The van der Waals surface area contributed by atoms with Crippen molar-refractivity contribution in [3.8, 4) is 5.75 Å². The van der Waals surface area contributed by atoms with Gasteiger partial charge in [-0.3, -0.25) is 0 Å². The second-order valence-electron chi connectivity index (χ2n) is 9.19. The van der Waals surface area contributed by atoms with E-state index in [1.807, 2.05) is 0 Å². The molecule has 1 aromatic rings. The number of aromatic hydroxyl groups is 1. The summed E-state index contributed by atoms with van der Waals surface area (Å²) in [5.41, 5.74) is 3.62. The monoisotopic (exact) mass is 442 g/mol. The van der Waals surface area contributed by atoms with Crippen molar-refractivity contribution in [3.05, 3.63) is 28.8 Å². The van der Waals surface area contributed by atoms with E-state index in [0.29, 0.717) is 11.7 Å². The fourth-order valence-corrected chi connectivity index (χ4v) is 4.52. The molecule has 2 heteroatoms. The van der Waals surface area contributed by atoms with Gasteiger partial charge in [-0.05, 0) is 67.9 Å². The first-order valence-electron chi connectivity index (χ1n) is 9.60. The van der Waals surface area contributed by atoms with Gasteiger partial charge >= 0.3 is 0 Å². The number of phenols is 1. The molecule has 1 nitrogen and oxygen atoms in total. The molecule has 0 bridgehead atoms. The van der Waals surface area contributed by atoms with Crippen molar-refractivity contribution < 1.29 is 5.11 Å². The van der Waals surface area contributed by atoms with Crippen molar-refractivity contribution in [3.63, 3.8) is 0 Å². The van der Waals surface area contributed by atoms with Crippen LogP contribution in [-0.2, 0) is 8.84 Å². The van der Waals surface area contributed by atoms with Crippen LogP contribution in [-0.4, -0.2) is 5.11 Å². The zero-order valence-electron chi connectivity index (χ0n) is 16.4. The maximum Gasteiger partial charge on any atom is 0.123 e. The number of phenolic OH excluding ortho intramolecular Hbond substituents is 1. The molecule has 1 N–H and O–H groups in total. The van der Waals surface area contributed by atoms with Crippen LogP contribution in [0, 0.1) is 5.92 Å². The first kappa shape index (κ1) is 20.1. The average Bonchev–Trinajstić information content (AvgIpc) is 2.46. The van der Waals surface area contributed by atoms with E-state index >= 15 is 0 Å². The van der Waals surface area contributed by atoms with E-state index in [4.69, 9.17) is 0 Å². The molecule has 1 aromatic carbocycles. The zero-order chi connectivity index (χ0) is 18.1. The Morgan fingerprint density at radius 3 is 2.00 bits per heavy atom. The number of hydrogen-bond acceptors (Lipinski definition) is 1. The minimum Gasteiger partial charge on any atom is -0.507 e. The Bertz CT molecular complexity index is 519. The molecule has 0 radical (unpaired) electrons. The summed E-state index contributed by atoms with van der Waals surface area (Å²) in [4.78, 5) is 0. The smallest absolute Gasteiger partial charge is 0.123 e. The highest BCUT2D eigenvalue weighted by molar-refractivity contribution is 14.1. The zero-order valence-corrected chi connectivity index (χ0v) is 18.5. The second kappa shape index (κ2) is 7.55. The van der Waals surface area contributed by atoms with Crippen LogP contribution in [0.25, 0.3) is 0 Å². The van der Waals surface area contributed by atoms with Crippen molar-refractivity contribution >= 4 is 22.6 Å². The topological polar surface area (TPSA) is 20.2 Å². The quantitative estimate of drug-likeness (QED) is 0.380. The molecule has 0 saturated heterocycles. The molecular formula is C22H35IO. The number of halogens is 1. The Hall–Kier alpha value is -0.250. The predicted molar refractivity (Wildman–Crippen MR) is 113 cm³/mol. The lowest BCUT2D eigenvalue weighted by Crippen LogP contribution is -2.18. The van der Waals surface area contributed by atoms with Gasteiger partial charge in [-0.15, -0.1) is 0 Å². The van der Waals surface area contributed by atoms with Gasteiger partial charge in [0, 0.05) is 8.99 Å². The van der Waals surface area contributed by atoms with E-state index < -0.39 is 0 Å². The SMILES string of the molecule is CCCC1CCC(c2cc(C(C)(C)C)c(O)c(C(C)(C)I)c2)CC1. The highest BCUT2D eigenvalue weighted by Crippen LogP contribution is 2.46. The molecule has 1 aliphatic rings. The van der Waals surface area contributed by atoms with E-state index in [1.54, 1.807) is 0 Å². The Kier molecular flexibility index (Phi) is 6.31. The van der Waals surface area contributed by atoms with Crippen LogP contribution in [0.2, 0.25) is 0 Å². The summed E-state index contributed by atoms with van der Waals surface area (Å²) < 4.78 is -0.0583. The lowest BCUT2D eigenvalue weighted by atomic mass is 9.74.